The summed E-state index contributed by atoms with van der Waals surface area (Å²) in [6, 6.07) is 4.91. The van der Waals surface area contributed by atoms with E-state index in [1.165, 1.54) is 6.07 Å². The van der Waals surface area contributed by atoms with Crippen LogP contribution in [0.5, 0.6) is 5.75 Å². The van der Waals surface area contributed by atoms with Gasteiger partial charge in [-0.25, -0.2) is 0 Å². The van der Waals surface area contributed by atoms with Gasteiger partial charge in [-0.1, -0.05) is 6.92 Å². The first kappa shape index (κ1) is 14.6. The Morgan fingerprint density at radius 1 is 1.59 bits per heavy atom. The largest absolute Gasteiger partial charge is 0.507 e. The van der Waals surface area contributed by atoms with Crippen LogP contribution in [0.3, 0.4) is 0 Å². The van der Waals surface area contributed by atoms with E-state index in [1.54, 1.807) is 12.1 Å². The molecule has 0 saturated carbocycles. The van der Waals surface area contributed by atoms with Gasteiger partial charge in [0.1, 0.15) is 5.75 Å². The zero-order chi connectivity index (χ0) is 13.1. The Labute approximate surface area is 120 Å². The Bertz CT molecular complexity index is 419. The first-order valence-electron chi connectivity index (χ1n) is 5.29. The van der Waals surface area contributed by atoms with Gasteiger partial charge >= 0.3 is 0 Å². The highest BCUT2D eigenvalue weighted by Crippen LogP contribution is 2.21. The third-order valence-electron chi connectivity index (χ3n) is 2.69. The second kappa shape index (κ2) is 5.91. The summed E-state index contributed by atoms with van der Waals surface area (Å²) in [7, 11) is 0. The van der Waals surface area contributed by atoms with Crippen molar-refractivity contribution >= 4 is 40.1 Å². The van der Waals surface area contributed by atoms with E-state index < -0.39 is 5.54 Å². The van der Waals surface area contributed by atoms with Gasteiger partial charge in [0.25, 0.3) is 5.91 Å². The zero-order valence-electron chi connectivity index (χ0n) is 9.76. The fraction of sp³-hybridized carbons (Fsp3) is 0.417. The van der Waals surface area contributed by atoms with Crippen LogP contribution in [0, 0.1) is 3.57 Å². The number of carbonyl (C=O) groups excluding carboxylic acids is 1. The smallest absolute Gasteiger partial charge is 0.255 e. The van der Waals surface area contributed by atoms with Crippen LogP contribution < -0.4 is 5.32 Å². The molecular formula is C12H15ClINO2. The summed E-state index contributed by atoms with van der Waals surface area (Å²) in [5, 5.41) is 12.5. The maximum Gasteiger partial charge on any atom is 0.255 e. The number of hydrogen-bond acceptors (Lipinski definition) is 2. The number of carbonyl (C=O) groups is 1. The molecule has 0 aromatic heterocycles. The molecule has 1 aromatic carbocycles. The molecule has 1 rings (SSSR count). The first-order chi connectivity index (χ1) is 7.91. The molecule has 2 N–H and O–H groups in total. The molecule has 1 atom stereocenters. The monoisotopic (exact) mass is 367 g/mol. The van der Waals surface area contributed by atoms with Crippen LogP contribution in [0.25, 0.3) is 0 Å². The van der Waals surface area contributed by atoms with Crippen molar-refractivity contribution in [1.29, 1.82) is 0 Å². The summed E-state index contributed by atoms with van der Waals surface area (Å²) in [5.41, 5.74) is -0.173. The Kier molecular flexibility index (Phi) is 5.06. The molecule has 94 valence electrons. The maximum atomic E-state index is 12.0. The van der Waals surface area contributed by atoms with E-state index in [2.05, 4.69) is 27.9 Å². The van der Waals surface area contributed by atoms with Crippen molar-refractivity contribution in [3.05, 3.63) is 27.3 Å². The minimum absolute atomic E-state index is 0.0176. The van der Waals surface area contributed by atoms with Gasteiger partial charge in [0.2, 0.25) is 0 Å². The van der Waals surface area contributed by atoms with Crippen LogP contribution >= 0.6 is 34.2 Å². The van der Waals surface area contributed by atoms with Gasteiger partial charge in [-0.3, -0.25) is 4.79 Å². The van der Waals surface area contributed by atoms with Crippen LogP contribution in [0.15, 0.2) is 18.2 Å². The SMILES string of the molecule is CCC(C)(CCl)NC(=O)c1cc(I)ccc1O. The van der Waals surface area contributed by atoms with Crippen molar-refractivity contribution in [2.75, 3.05) is 5.88 Å². The maximum absolute atomic E-state index is 12.0. The lowest BCUT2D eigenvalue weighted by Gasteiger charge is -2.27. The predicted octanol–water partition coefficient (Wildman–Crippen LogP) is 3.13. The number of nitrogens with one attached hydrogen (secondary N) is 1. The van der Waals surface area contributed by atoms with Crippen LogP contribution in [0.2, 0.25) is 0 Å². The molecule has 1 amide bonds. The standard InChI is InChI=1S/C12H15ClINO2/c1-3-12(2,7-13)15-11(17)9-6-8(14)4-5-10(9)16/h4-6,16H,3,7H2,1-2H3,(H,15,17). The van der Waals surface area contributed by atoms with Gasteiger partial charge in [-0.2, -0.15) is 0 Å². The molecule has 3 nitrogen and oxygen atoms in total. The van der Waals surface area contributed by atoms with Crippen LogP contribution in [0.4, 0.5) is 0 Å². The zero-order valence-corrected chi connectivity index (χ0v) is 12.7. The molecular weight excluding hydrogens is 352 g/mol. The van der Waals surface area contributed by atoms with E-state index in [-0.39, 0.29) is 17.2 Å². The van der Waals surface area contributed by atoms with Gasteiger partial charge in [-0.05, 0) is 54.1 Å². The average molecular weight is 368 g/mol. The van der Waals surface area contributed by atoms with E-state index in [9.17, 15) is 9.90 Å². The minimum Gasteiger partial charge on any atom is -0.507 e. The van der Waals surface area contributed by atoms with E-state index in [4.69, 9.17) is 11.6 Å². The average Bonchev–Trinajstić information content (AvgIpc) is 2.32. The molecule has 5 heteroatoms. The topological polar surface area (TPSA) is 49.3 Å². The molecule has 0 heterocycles. The lowest BCUT2D eigenvalue weighted by Crippen LogP contribution is -2.47. The number of phenolic OH excluding ortho intramolecular Hbond substituents is 1. The van der Waals surface area contributed by atoms with Gasteiger partial charge in [0.05, 0.1) is 11.1 Å². The first-order valence-corrected chi connectivity index (χ1v) is 6.90. The molecule has 0 aliphatic heterocycles. The van der Waals surface area contributed by atoms with Crippen molar-refractivity contribution in [3.63, 3.8) is 0 Å². The normalized spacial score (nSPS) is 14.1. The minimum atomic E-state index is -0.452. The van der Waals surface area contributed by atoms with Gasteiger partial charge in [0, 0.05) is 9.45 Å². The third kappa shape index (κ3) is 3.74. The summed E-state index contributed by atoms with van der Waals surface area (Å²) in [5.74, 6) is 0.0156. The van der Waals surface area contributed by atoms with Crippen molar-refractivity contribution in [1.82, 2.24) is 5.32 Å². The molecule has 0 bridgehead atoms. The number of aromatic hydroxyl groups is 1. The van der Waals surface area contributed by atoms with Gasteiger partial charge < -0.3 is 10.4 Å². The highest BCUT2D eigenvalue weighted by molar-refractivity contribution is 14.1. The number of halogens is 2. The van der Waals surface area contributed by atoms with E-state index in [0.717, 1.165) is 9.99 Å². The predicted molar refractivity (Wildman–Crippen MR) is 77.7 cm³/mol. The number of rotatable bonds is 4. The molecule has 0 radical (unpaired) electrons. The number of phenols is 1. The quantitative estimate of drug-likeness (QED) is 0.634. The van der Waals surface area contributed by atoms with E-state index >= 15 is 0 Å². The molecule has 1 unspecified atom stereocenters. The third-order valence-corrected chi connectivity index (χ3v) is 3.95. The van der Waals surface area contributed by atoms with Gasteiger partial charge in [0.15, 0.2) is 0 Å². The van der Waals surface area contributed by atoms with Crippen LogP contribution in [-0.4, -0.2) is 22.4 Å². The van der Waals surface area contributed by atoms with Crippen LogP contribution in [-0.2, 0) is 0 Å². The molecule has 0 aliphatic carbocycles. The molecule has 17 heavy (non-hydrogen) atoms. The number of benzene rings is 1. The highest BCUT2D eigenvalue weighted by Gasteiger charge is 2.24. The lowest BCUT2D eigenvalue weighted by molar-refractivity contribution is 0.0909. The van der Waals surface area contributed by atoms with Crippen molar-refractivity contribution in [3.8, 4) is 5.75 Å². The summed E-state index contributed by atoms with van der Waals surface area (Å²) in [4.78, 5) is 12.0. The highest BCUT2D eigenvalue weighted by atomic mass is 127. The Hall–Kier alpha value is -0.490. The molecule has 0 aliphatic rings. The Morgan fingerprint density at radius 3 is 2.76 bits per heavy atom. The fourth-order valence-corrected chi connectivity index (χ4v) is 1.99. The lowest BCUT2D eigenvalue weighted by atomic mass is 10.0. The van der Waals surface area contributed by atoms with Crippen molar-refractivity contribution in [2.45, 2.75) is 25.8 Å². The summed E-state index contributed by atoms with van der Waals surface area (Å²) < 4.78 is 0.898. The Morgan fingerprint density at radius 2 is 2.24 bits per heavy atom. The molecule has 0 fully saturated rings. The number of alkyl halides is 1. The second-order valence-corrected chi connectivity index (χ2v) is 5.68. The van der Waals surface area contributed by atoms with Crippen molar-refractivity contribution < 1.29 is 9.90 Å². The second-order valence-electron chi connectivity index (χ2n) is 4.16. The fourth-order valence-electron chi connectivity index (χ4n) is 1.25. The molecule has 0 spiro atoms. The summed E-state index contributed by atoms with van der Waals surface area (Å²) in [6.07, 6.45) is 0.729. The Balaban J connectivity index is 2.94. The van der Waals surface area contributed by atoms with Crippen molar-refractivity contribution in [2.24, 2.45) is 0 Å². The summed E-state index contributed by atoms with van der Waals surface area (Å²) >= 11 is 7.93. The van der Waals surface area contributed by atoms with E-state index in [0.29, 0.717) is 5.88 Å². The van der Waals surface area contributed by atoms with Gasteiger partial charge in [-0.15, -0.1) is 11.6 Å². The van der Waals surface area contributed by atoms with E-state index in [1.807, 2.05) is 13.8 Å². The van der Waals surface area contributed by atoms with Crippen LogP contribution in [0.1, 0.15) is 30.6 Å². The summed E-state index contributed by atoms with van der Waals surface area (Å²) in [6.45, 7) is 3.83. The molecule has 0 saturated heterocycles. The number of amides is 1. The number of hydrogen-bond donors (Lipinski definition) is 2. The molecule has 1 aromatic rings.